The SMILES string of the molecule is COc1ncccc1C(=O)NNC(=O)c1ccc(CS(=O)(=O)c2ccccc2)o1. The van der Waals surface area contributed by atoms with Crippen LogP contribution in [0.2, 0.25) is 0 Å². The van der Waals surface area contributed by atoms with Crippen molar-refractivity contribution >= 4 is 21.7 Å². The Kier molecular flexibility index (Phi) is 5.93. The number of hydrogen-bond acceptors (Lipinski definition) is 7. The Bertz CT molecular complexity index is 1130. The molecule has 0 atom stereocenters. The summed E-state index contributed by atoms with van der Waals surface area (Å²) in [7, 11) is -2.24. The van der Waals surface area contributed by atoms with Gasteiger partial charge in [-0.05, 0) is 36.4 Å². The van der Waals surface area contributed by atoms with Crippen molar-refractivity contribution in [3.05, 3.63) is 77.9 Å². The van der Waals surface area contributed by atoms with Crippen LogP contribution in [0.5, 0.6) is 5.88 Å². The van der Waals surface area contributed by atoms with E-state index in [1.165, 1.54) is 43.6 Å². The number of furan rings is 1. The number of benzene rings is 1. The summed E-state index contributed by atoms with van der Waals surface area (Å²) < 4.78 is 35.0. The molecule has 0 aliphatic heterocycles. The van der Waals surface area contributed by atoms with E-state index in [0.29, 0.717) is 0 Å². The van der Waals surface area contributed by atoms with Crippen LogP contribution in [0.1, 0.15) is 26.7 Å². The lowest BCUT2D eigenvalue weighted by Crippen LogP contribution is -2.41. The van der Waals surface area contributed by atoms with Crippen molar-refractivity contribution in [3.63, 3.8) is 0 Å². The molecule has 0 saturated carbocycles. The molecule has 0 bridgehead atoms. The van der Waals surface area contributed by atoms with Crippen LogP contribution in [0, 0.1) is 0 Å². The van der Waals surface area contributed by atoms with Crippen LogP contribution in [0.25, 0.3) is 0 Å². The molecule has 0 spiro atoms. The molecule has 2 heterocycles. The Balaban J connectivity index is 1.63. The smallest absolute Gasteiger partial charge is 0.305 e. The second-order valence-electron chi connectivity index (χ2n) is 5.81. The van der Waals surface area contributed by atoms with Gasteiger partial charge in [-0.1, -0.05) is 18.2 Å². The van der Waals surface area contributed by atoms with E-state index < -0.39 is 27.4 Å². The van der Waals surface area contributed by atoms with E-state index in [2.05, 4.69) is 15.8 Å². The van der Waals surface area contributed by atoms with Crippen LogP contribution in [-0.4, -0.2) is 32.3 Å². The molecule has 29 heavy (non-hydrogen) atoms. The summed E-state index contributed by atoms with van der Waals surface area (Å²) in [4.78, 5) is 28.4. The third-order valence-electron chi connectivity index (χ3n) is 3.82. The first kappa shape index (κ1) is 20.1. The van der Waals surface area contributed by atoms with E-state index in [0.717, 1.165) is 0 Å². The van der Waals surface area contributed by atoms with E-state index >= 15 is 0 Å². The van der Waals surface area contributed by atoms with Crippen LogP contribution in [0.4, 0.5) is 0 Å². The summed E-state index contributed by atoms with van der Waals surface area (Å²) in [6.07, 6.45) is 1.46. The van der Waals surface area contributed by atoms with Crippen molar-refractivity contribution in [2.24, 2.45) is 0 Å². The highest BCUT2D eigenvalue weighted by molar-refractivity contribution is 7.90. The first-order chi connectivity index (χ1) is 13.9. The number of hydrazine groups is 1. The third-order valence-corrected chi connectivity index (χ3v) is 5.47. The number of nitrogens with one attached hydrogen (secondary N) is 2. The zero-order valence-electron chi connectivity index (χ0n) is 15.3. The molecule has 2 amide bonds. The van der Waals surface area contributed by atoms with Crippen LogP contribution in [0.15, 0.2) is 70.1 Å². The van der Waals surface area contributed by atoms with Crippen molar-refractivity contribution in [2.75, 3.05) is 7.11 Å². The van der Waals surface area contributed by atoms with E-state index in [1.807, 2.05) is 0 Å². The van der Waals surface area contributed by atoms with E-state index in [9.17, 15) is 18.0 Å². The maximum atomic E-state index is 12.4. The summed E-state index contributed by atoms with van der Waals surface area (Å²) in [6.45, 7) is 0. The number of hydrogen-bond donors (Lipinski definition) is 2. The first-order valence-corrected chi connectivity index (χ1v) is 10.0. The van der Waals surface area contributed by atoms with Crippen molar-refractivity contribution in [2.45, 2.75) is 10.6 Å². The van der Waals surface area contributed by atoms with Gasteiger partial charge in [0.15, 0.2) is 15.6 Å². The molecule has 1 aromatic carbocycles. The number of amides is 2. The van der Waals surface area contributed by atoms with Crippen LogP contribution >= 0.6 is 0 Å². The number of methoxy groups -OCH3 is 1. The highest BCUT2D eigenvalue weighted by atomic mass is 32.2. The molecule has 0 fully saturated rings. The van der Waals surface area contributed by atoms with Gasteiger partial charge in [-0.3, -0.25) is 20.4 Å². The number of ether oxygens (including phenoxy) is 1. The Morgan fingerprint density at radius 3 is 2.45 bits per heavy atom. The lowest BCUT2D eigenvalue weighted by molar-refractivity contribution is 0.0828. The van der Waals surface area contributed by atoms with Gasteiger partial charge in [-0.15, -0.1) is 0 Å². The minimum atomic E-state index is -3.61. The van der Waals surface area contributed by atoms with Crippen LogP contribution < -0.4 is 15.6 Å². The largest absolute Gasteiger partial charge is 0.480 e. The molecule has 3 aromatic rings. The number of pyridine rings is 1. The highest BCUT2D eigenvalue weighted by Crippen LogP contribution is 2.18. The zero-order chi connectivity index (χ0) is 20.9. The molecular formula is C19H17N3O6S. The molecule has 0 aliphatic carbocycles. The van der Waals surface area contributed by atoms with Crippen molar-refractivity contribution in [3.8, 4) is 5.88 Å². The number of sulfone groups is 1. The molecule has 9 nitrogen and oxygen atoms in total. The average molecular weight is 415 g/mol. The summed E-state index contributed by atoms with van der Waals surface area (Å²) in [5.74, 6) is -1.73. The average Bonchev–Trinajstić information content (AvgIpc) is 3.20. The van der Waals surface area contributed by atoms with Gasteiger partial charge in [0.1, 0.15) is 17.1 Å². The Hall–Kier alpha value is -3.66. The predicted octanol–water partition coefficient (Wildman–Crippen LogP) is 1.73. The first-order valence-electron chi connectivity index (χ1n) is 8.37. The molecule has 0 saturated heterocycles. The standard InChI is InChI=1S/C19H17N3O6S/c1-27-19-15(8-5-11-20-19)17(23)21-22-18(24)16-10-9-13(28-16)12-29(25,26)14-6-3-2-4-7-14/h2-11H,12H2,1H3,(H,21,23)(H,22,24). The fourth-order valence-electron chi connectivity index (χ4n) is 2.44. The fourth-order valence-corrected chi connectivity index (χ4v) is 3.71. The highest BCUT2D eigenvalue weighted by Gasteiger charge is 2.20. The molecule has 0 unspecified atom stereocenters. The lowest BCUT2D eigenvalue weighted by Gasteiger charge is -2.08. The third kappa shape index (κ3) is 4.79. The van der Waals surface area contributed by atoms with Crippen LogP contribution in [0.3, 0.4) is 0 Å². The number of aromatic nitrogens is 1. The molecule has 0 radical (unpaired) electrons. The summed E-state index contributed by atoms with van der Waals surface area (Å²) in [5, 5.41) is 0. The molecular weight excluding hydrogens is 398 g/mol. The topological polar surface area (TPSA) is 128 Å². The molecule has 3 rings (SSSR count). The van der Waals surface area contributed by atoms with Gasteiger partial charge in [-0.2, -0.15) is 0 Å². The molecule has 2 N–H and O–H groups in total. The number of rotatable bonds is 6. The second-order valence-corrected chi connectivity index (χ2v) is 7.80. The normalized spacial score (nSPS) is 10.9. The van der Waals surface area contributed by atoms with E-state index in [4.69, 9.17) is 9.15 Å². The van der Waals surface area contributed by atoms with Crippen molar-refractivity contribution < 1.29 is 27.2 Å². The van der Waals surface area contributed by atoms with E-state index in [-0.39, 0.29) is 27.9 Å². The summed E-state index contributed by atoms with van der Waals surface area (Å²) in [6, 6.07) is 13.6. The predicted molar refractivity (Wildman–Crippen MR) is 102 cm³/mol. The molecule has 10 heteroatoms. The van der Waals surface area contributed by atoms with Gasteiger partial charge in [-0.25, -0.2) is 13.4 Å². The number of carbonyl (C=O) groups excluding carboxylic acids is 2. The van der Waals surface area contributed by atoms with Crippen molar-refractivity contribution in [1.29, 1.82) is 0 Å². The Morgan fingerprint density at radius 2 is 1.72 bits per heavy atom. The number of carbonyl (C=O) groups is 2. The van der Waals surface area contributed by atoms with Gasteiger partial charge in [0.2, 0.25) is 5.88 Å². The van der Waals surface area contributed by atoms with Crippen molar-refractivity contribution in [1.82, 2.24) is 15.8 Å². The van der Waals surface area contributed by atoms with Gasteiger partial charge in [0.25, 0.3) is 5.91 Å². The second kappa shape index (κ2) is 8.57. The Labute approximate surface area is 166 Å². The fraction of sp³-hybridized carbons (Fsp3) is 0.105. The Morgan fingerprint density at radius 1 is 1.00 bits per heavy atom. The molecule has 150 valence electrons. The maximum absolute atomic E-state index is 12.4. The lowest BCUT2D eigenvalue weighted by atomic mass is 10.2. The van der Waals surface area contributed by atoms with E-state index in [1.54, 1.807) is 24.3 Å². The monoisotopic (exact) mass is 415 g/mol. The quantitative estimate of drug-likeness (QED) is 0.587. The van der Waals surface area contributed by atoms with Gasteiger partial charge in [0.05, 0.1) is 12.0 Å². The molecule has 0 aliphatic rings. The zero-order valence-corrected chi connectivity index (χ0v) is 16.1. The minimum absolute atomic E-state index is 0.0965. The molecule has 2 aromatic heterocycles. The van der Waals surface area contributed by atoms with Gasteiger partial charge >= 0.3 is 5.91 Å². The maximum Gasteiger partial charge on any atom is 0.305 e. The van der Waals surface area contributed by atoms with Gasteiger partial charge < -0.3 is 9.15 Å². The van der Waals surface area contributed by atoms with Gasteiger partial charge in [0, 0.05) is 6.20 Å². The summed E-state index contributed by atoms with van der Waals surface area (Å²) in [5.41, 5.74) is 4.54. The summed E-state index contributed by atoms with van der Waals surface area (Å²) >= 11 is 0. The number of nitrogens with zero attached hydrogens (tertiary/aromatic N) is 1. The minimum Gasteiger partial charge on any atom is -0.480 e. The van der Waals surface area contributed by atoms with Crippen LogP contribution in [-0.2, 0) is 15.6 Å².